The lowest BCUT2D eigenvalue weighted by atomic mass is 9.85. The van der Waals surface area contributed by atoms with E-state index in [2.05, 4.69) is 10.3 Å². The summed E-state index contributed by atoms with van der Waals surface area (Å²) in [6, 6.07) is 3.83. The average molecular weight is 211 g/mol. The summed E-state index contributed by atoms with van der Waals surface area (Å²) < 4.78 is 0. The smallest absolute Gasteiger partial charge is 0.129 e. The molecule has 0 saturated heterocycles. The SMILES string of the molecule is Cc1nc(Cl)ccc1NCC1CCC1. The van der Waals surface area contributed by atoms with Gasteiger partial charge in [-0.15, -0.1) is 0 Å². The molecule has 0 aliphatic heterocycles. The van der Waals surface area contributed by atoms with E-state index in [1.54, 1.807) is 0 Å². The van der Waals surface area contributed by atoms with Crippen LogP contribution in [0.1, 0.15) is 25.0 Å². The maximum atomic E-state index is 5.78. The highest BCUT2D eigenvalue weighted by Crippen LogP contribution is 2.27. The molecular weight excluding hydrogens is 196 g/mol. The van der Waals surface area contributed by atoms with E-state index in [0.717, 1.165) is 23.8 Å². The molecule has 0 spiro atoms. The summed E-state index contributed by atoms with van der Waals surface area (Å²) in [6.45, 7) is 3.05. The van der Waals surface area contributed by atoms with Gasteiger partial charge in [0.05, 0.1) is 11.4 Å². The summed E-state index contributed by atoms with van der Waals surface area (Å²) in [5, 5.41) is 3.99. The molecule has 0 radical (unpaired) electrons. The second kappa shape index (κ2) is 4.18. The summed E-state index contributed by atoms with van der Waals surface area (Å²) >= 11 is 5.78. The molecule has 1 aromatic rings. The van der Waals surface area contributed by atoms with Gasteiger partial charge in [-0.25, -0.2) is 4.98 Å². The predicted molar refractivity (Wildman–Crippen MR) is 59.8 cm³/mol. The van der Waals surface area contributed by atoms with Gasteiger partial charge >= 0.3 is 0 Å². The van der Waals surface area contributed by atoms with E-state index in [-0.39, 0.29) is 0 Å². The summed E-state index contributed by atoms with van der Waals surface area (Å²) in [5.74, 6) is 0.866. The first-order chi connectivity index (χ1) is 6.75. The van der Waals surface area contributed by atoms with Crippen molar-refractivity contribution < 1.29 is 0 Å². The Morgan fingerprint density at radius 1 is 1.50 bits per heavy atom. The van der Waals surface area contributed by atoms with Gasteiger partial charge in [0.2, 0.25) is 0 Å². The fourth-order valence-corrected chi connectivity index (χ4v) is 1.86. The third-order valence-electron chi connectivity index (χ3n) is 2.86. The van der Waals surface area contributed by atoms with Crippen LogP contribution < -0.4 is 5.32 Å². The van der Waals surface area contributed by atoms with Crippen LogP contribution in [-0.2, 0) is 0 Å². The molecule has 14 heavy (non-hydrogen) atoms. The molecule has 1 fully saturated rings. The van der Waals surface area contributed by atoms with Gasteiger partial charge in [0.15, 0.2) is 0 Å². The summed E-state index contributed by atoms with van der Waals surface area (Å²) in [4.78, 5) is 4.20. The molecule has 3 heteroatoms. The highest BCUT2D eigenvalue weighted by molar-refractivity contribution is 6.29. The number of halogens is 1. The fourth-order valence-electron chi connectivity index (χ4n) is 1.67. The molecule has 1 saturated carbocycles. The van der Waals surface area contributed by atoms with E-state index in [9.17, 15) is 0 Å². The van der Waals surface area contributed by atoms with Crippen molar-refractivity contribution >= 4 is 17.3 Å². The van der Waals surface area contributed by atoms with Gasteiger partial charge in [0, 0.05) is 6.54 Å². The van der Waals surface area contributed by atoms with Crippen LogP contribution in [0.5, 0.6) is 0 Å². The Balaban J connectivity index is 1.94. The Hall–Kier alpha value is -0.760. The Labute approximate surface area is 89.7 Å². The highest BCUT2D eigenvalue weighted by Gasteiger charge is 2.16. The van der Waals surface area contributed by atoms with Crippen LogP contribution >= 0.6 is 11.6 Å². The van der Waals surface area contributed by atoms with Crippen molar-refractivity contribution in [1.29, 1.82) is 0 Å². The minimum atomic E-state index is 0.566. The van der Waals surface area contributed by atoms with Gasteiger partial charge in [0.25, 0.3) is 0 Å². The molecule has 1 heterocycles. The summed E-state index contributed by atoms with van der Waals surface area (Å²) in [6.07, 6.45) is 4.13. The van der Waals surface area contributed by atoms with Gasteiger partial charge in [0.1, 0.15) is 5.15 Å². The van der Waals surface area contributed by atoms with Crippen LogP contribution in [0.3, 0.4) is 0 Å². The first kappa shape index (κ1) is 9.78. The highest BCUT2D eigenvalue weighted by atomic mass is 35.5. The molecule has 0 unspecified atom stereocenters. The number of rotatable bonds is 3. The fraction of sp³-hybridized carbons (Fsp3) is 0.545. The number of nitrogens with zero attached hydrogens (tertiary/aromatic N) is 1. The molecule has 2 rings (SSSR count). The minimum Gasteiger partial charge on any atom is -0.383 e. The van der Waals surface area contributed by atoms with Gasteiger partial charge in [-0.2, -0.15) is 0 Å². The van der Waals surface area contributed by atoms with Gasteiger partial charge in [-0.3, -0.25) is 0 Å². The summed E-state index contributed by atoms with van der Waals surface area (Å²) in [5.41, 5.74) is 2.10. The molecule has 0 aromatic carbocycles. The van der Waals surface area contributed by atoms with Crippen molar-refractivity contribution in [2.24, 2.45) is 5.92 Å². The van der Waals surface area contributed by atoms with E-state index in [1.165, 1.54) is 19.3 Å². The Morgan fingerprint density at radius 2 is 2.29 bits per heavy atom. The van der Waals surface area contributed by atoms with Crippen molar-refractivity contribution in [2.45, 2.75) is 26.2 Å². The second-order valence-corrected chi connectivity index (χ2v) is 4.33. The van der Waals surface area contributed by atoms with Crippen molar-refractivity contribution in [3.05, 3.63) is 23.0 Å². The van der Waals surface area contributed by atoms with Crippen LogP contribution in [0.2, 0.25) is 5.15 Å². The van der Waals surface area contributed by atoms with E-state index >= 15 is 0 Å². The number of nitrogens with one attached hydrogen (secondary N) is 1. The van der Waals surface area contributed by atoms with E-state index in [1.807, 2.05) is 19.1 Å². The van der Waals surface area contributed by atoms with Crippen LogP contribution in [-0.4, -0.2) is 11.5 Å². The first-order valence-electron chi connectivity index (χ1n) is 5.13. The van der Waals surface area contributed by atoms with E-state index < -0.39 is 0 Å². The van der Waals surface area contributed by atoms with Crippen LogP contribution in [0.4, 0.5) is 5.69 Å². The van der Waals surface area contributed by atoms with Crippen molar-refractivity contribution in [1.82, 2.24) is 4.98 Å². The Morgan fingerprint density at radius 3 is 2.86 bits per heavy atom. The monoisotopic (exact) mass is 210 g/mol. The maximum absolute atomic E-state index is 5.78. The lowest BCUT2D eigenvalue weighted by molar-refractivity contribution is 0.333. The molecule has 0 atom stereocenters. The van der Waals surface area contributed by atoms with Gasteiger partial charge in [-0.1, -0.05) is 18.0 Å². The Kier molecular flexibility index (Phi) is 2.92. The molecule has 1 aromatic heterocycles. The minimum absolute atomic E-state index is 0.566. The molecule has 1 aliphatic rings. The largest absolute Gasteiger partial charge is 0.383 e. The Bertz CT molecular complexity index is 321. The molecule has 0 amide bonds. The quantitative estimate of drug-likeness (QED) is 0.775. The summed E-state index contributed by atoms with van der Waals surface area (Å²) in [7, 11) is 0. The lowest BCUT2D eigenvalue weighted by Gasteiger charge is -2.26. The first-order valence-corrected chi connectivity index (χ1v) is 5.50. The van der Waals surface area contributed by atoms with Crippen LogP contribution in [0.15, 0.2) is 12.1 Å². The van der Waals surface area contributed by atoms with E-state index in [4.69, 9.17) is 11.6 Å². The zero-order chi connectivity index (χ0) is 9.97. The van der Waals surface area contributed by atoms with Crippen molar-refractivity contribution in [2.75, 3.05) is 11.9 Å². The van der Waals surface area contributed by atoms with Crippen molar-refractivity contribution in [3.63, 3.8) is 0 Å². The number of anilines is 1. The normalized spacial score (nSPS) is 16.4. The molecule has 2 nitrogen and oxygen atoms in total. The zero-order valence-electron chi connectivity index (χ0n) is 8.39. The number of aromatic nitrogens is 1. The molecular formula is C11H15ClN2. The molecule has 0 bridgehead atoms. The topological polar surface area (TPSA) is 24.9 Å². The zero-order valence-corrected chi connectivity index (χ0v) is 9.14. The van der Waals surface area contributed by atoms with Crippen LogP contribution in [0.25, 0.3) is 0 Å². The van der Waals surface area contributed by atoms with Gasteiger partial charge < -0.3 is 5.32 Å². The predicted octanol–water partition coefficient (Wildman–Crippen LogP) is 3.26. The van der Waals surface area contributed by atoms with Gasteiger partial charge in [-0.05, 0) is 37.8 Å². The number of aryl methyl sites for hydroxylation is 1. The van der Waals surface area contributed by atoms with Crippen LogP contribution in [0, 0.1) is 12.8 Å². The molecule has 76 valence electrons. The van der Waals surface area contributed by atoms with Crippen molar-refractivity contribution in [3.8, 4) is 0 Å². The third kappa shape index (κ3) is 2.18. The standard InChI is InChI=1S/C11H15ClN2/c1-8-10(5-6-11(12)14-8)13-7-9-3-2-4-9/h5-6,9,13H,2-4,7H2,1H3. The average Bonchev–Trinajstić information content (AvgIpc) is 2.05. The molecule has 1 N–H and O–H groups in total. The number of hydrogen-bond acceptors (Lipinski definition) is 2. The third-order valence-corrected chi connectivity index (χ3v) is 3.07. The number of pyridine rings is 1. The second-order valence-electron chi connectivity index (χ2n) is 3.94. The van der Waals surface area contributed by atoms with E-state index in [0.29, 0.717) is 5.15 Å². The maximum Gasteiger partial charge on any atom is 0.129 e. The molecule has 1 aliphatic carbocycles. The number of hydrogen-bond donors (Lipinski definition) is 1. The lowest BCUT2D eigenvalue weighted by Crippen LogP contribution is -2.21.